The summed E-state index contributed by atoms with van der Waals surface area (Å²) in [4.78, 5) is 15.9. The zero-order valence-electron chi connectivity index (χ0n) is 15.4. The third-order valence-corrected chi connectivity index (χ3v) is 7.63. The molecule has 11 heteroatoms. The number of aromatic nitrogens is 1. The summed E-state index contributed by atoms with van der Waals surface area (Å²) in [7, 11) is -3.97. The summed E-state index contributed by atoms with van der Waals surface area (Å²) < 4.78 is 38.3. The Kier molecular flexibility index (Phi) is 6.63. The van der Waals surface area contributed by atoms with Gasteiger partial charge in [0.25, 0.3) is 5.91 Å². The molecule has 0 aromatic carbocycles. The Bertz CT molecular complexity index is 768. The van der Waals surface area contributed by atoms with Crippen LogP contribution in [0.4, 0.5) is 0 Å². The molecular weight excluding hydrogens is 390 g/mol. The number of pyridine rings is 1. The van der Waals surface area contributed by atoms with E-state index in [9.17, 15) is 18.3 Å². The molecule has 3 N–H and O–H groups in total. The number of carbonyl (C=O) groups is 1. The second-order valence-corrected chi connectivity index (χ2v) is 9.13. The van der Waals surface area contributed by atoms with Gasteiger partial charge in [0, 0.05) is 32.1 Å². The minimum Gasteiger partial charge on any atom is -0.378 e. The normalized spacial score (nSPS) is 27.4. The maximum atomic E-state index is 13.1. The highest BCUT2D eigenvalue weighted by molar-refractivity contribution is 7.89. The van der Waals surface area contributed by atoms with Gasteiger partial charge in [-0.15, -0.1) is 0 Å². The number of hydroxylamine groups is 1. The first-order chi connectivity index (χ1) is 13.4. The number of amides is 1. The van der Waals surface area contributed by atoms with E-state index >= 15 is 0 Å². The number of nitrogens with zero attached hydrogens (tertiary/aromatic N) is 2. The fourth-order valence-electron chi connectivity index (χ4n) is 3.58. The summed E-state index contributed by atoms with van der Waals surface area (Å²) in [5.41, 5.74) is -0.0470. The van der Waals surface area contributed by atoms with Crippen molar-refractivity contribution in [1.29, 1.82) is 0 Å². The lowest BCUT2D eigenvalue weighted by Crippen LogP contribution is -2.64. The maximum Gasteiger partial charge on any atom is 0.279 e. The smallest absolute Gasteiger partial charge is 0.279 e. The van der Waals surface area contributed by atoms with Crippen molar-refractivity contribution in [1.82, 2.24) is 14.8 Å². The Hall–Kier alpha value is -1.63. The number of piperidine rings is 1. The zero-order chi connectivity index (χ0) is 20.2. The van der Waals surface area contributed by atoms with Gasteiger partial charge in [0.15, 0.2) is 5.60 Å². The van der Waals surface area contributed by atoms with Crippen LogP contribution in [0.25, 0.3) is 0 Å². The van der Waals surface area contributed by atoms with E-state index in [1.54, 1.807) is 12.4 Å². The number of sulfonamides is 1. The van der Waals surface area contributed by atoms with Crippen LogP contribution in [0.3, 0.4) is 0 Å². The van der Waals surface area contributed by atoms with Crippen molar-refractivity contribution >= 4 is 15.9 Å². The molecule has 3 heterocycles. The SMILES string of the molecule is O=C(NO)C1(O)COCCC1S(=O)(=O)N1CCC(OCc2cccnc2)CC1. The molecule has 156 valence electrons. The minimum absolute atomic E-state index is 0.0380. The van der Waals surface area contributed by atoms with Crippen molar-refractivity contribution < 1.29 is 33.0 Å². The molecule has 2 aliphatic heterocycles. The van der Waals surface area contributed by atoms with Crippen LogP contribution in [0.1, 0.15) is 24.8 Å². The molecule has 28 heavy (non-hydrogen) atoms. The molecule has 1 aromatic rings. The van der Waals surface area contributed by atoms with Crippen LogP contribution in [0.2, 0.25) is 0 Å². The van der Waals surface area contributed by atoms with Crippen LogP contribution < -0.4 is 5.48 Å². The molecule has 1 amide bonds. The first-order valence-electron chi connectivity index (χ1n) is 9.12. The molecular formula is C17H25N3O7S. The van der Waals surface area contributed by atoms with Crippen LogP contribution in [0, 0.1) is 0 Å². The predicted molar refractivity (Wildman–Crippen MR) is 96.6 cm³/mol. The number of rotatable bonds is 6. The molecule has 0 spiro atoms. The number of nitrogens with one attached hydrogen (secondary N) is 1. The summed E-state index contributed by atoms with van der Waals surface area (Å²) in [6.45, 7) is 0.480. The average molecular weight is 415 g/mol. The molecule has 0 aliphatic carbocycles. The van der Waals surface area contributed by atoms with Crippen LogP contribution >= 0.6 is 0 Å². The van der Waals surface area contributed by atoms with Crippen molar-refractivity contribution in [2.24, 2.45) is 0 Å². The Balaban J connectivity index is 1.61. The molecule has 2 saturated heterocycles. The van der Waals surface area contributed by atoms with Crippen LogP contribution in [-0.2, 0) is 30.9 Å². The lowest BCUT2D eigenvalue weighted by atomic mass is 9.95. The fraction of sp³-hybridized carbons (Fsp3) is 0.647. The molecule has 3 rings (SSSR count). The first kappa shape index (κ1) is 21.1. The summed E-state index contributed by atoms with van der Waals surface area (Å²) >= 11 is 0. The van der Waals surface area contributed by atoms with E-state index in [-0.39, 0.29) is 32.2 Å². The van der Waals surface area contributed by atoms with E-state index in [1.807, 2.05) is 12.1 Å². The third kappa shape index (κ3) is 4.34. The van der Waals surface area contributed by atoms with Gasteiger partial charge in [0.2, 0.25) is 10.0 Å². The molecule has 2 fully saturated rings. The molecule has 0 saturated carbocycles. The van der Waals surface area contributed by atoms with Gasteiger partial charge in [0.05, 0.1) is 19.3 Å². The largest absolute Gasteiger partial charge is 0.378 e. The van der Waals surface area contributed by atoms with Gasteiger partial charge in [0.1, 0.15) is 5.25 Å². The second kappa shape index (κ2) is 8.80. The van der Waals surface area contributed by atoms with Crippen molar-refractivity contribution in [3.8, 4) is 0 Å². The summed E-state index contributed by atoms with van der Waals surface area (Å²) in [6, 6.07) is 3.73. The molecule has 2 aliphatic rings. The van der Waals surface area contributed by atoms with Crippen LogP contribution in [0.5, 0.6) is 0 Å². The van der Waals surface area contributed by atoms with Gasteiger partial charge >= 0.3 is 0 Å². The summed E-state index contributed by atoms with van der Waals surface area (Å²) in [5.74, 6) is -1.18. The van der Waals surface area contributed by atoms with E-state index in [0.29, 0.717) is 19.4 Å². The average Bonchev–Trinajstić information content (AvgIpc) is 2.73. The molecule has 0 bridgehead atoms. The molecule has 2 atom stereocenters. The zero-order valence-corrected chi connectivity index (χ0v) is 16.2. The van der Waals surface area contributed by atoms with E-state index in [4.69, 9.17) is 14.7 Å². The predicted octanol–water partition coefficient (Wildman–Crippen LogP) is -0.582. The Morgan fingerprint density at radius 2 is 2.14 bits per heavy atom. The van der Waals surface area contributed by atoms with Crippen LogP contribution in [-0.4, -0.2) is 77.2 Å². The minimum atomic E-state index is -3.97. The van der Waals surface area contributed by atoms with Crippen LogP contribution in [0.15, 0.2) is 24.5 Å². The summed E-state index contributed by atoms with van der Waals surface area (Å²) in [6.07, 6.45) is 4.30. The summed E-state index contributed by atoms with van der Waals surface area (Å²) in [5, 5.41) is 18.1. The quantitative estimate of drug-likeness (QED) is 0.414. The maximum absolute atomic E-state index is 13.1. The second-order valence-electron chi connectivity index (χ2n) is 7.01. The van der Waals surface area contributed by atoms with Gasteiger partial charge in [-0.05, 0) is 30.9 Å². The van der Waals surface area contributed by atoms with Crippen molar-refractivity contribution in [3.63, 3.8) is 0 Å². The van der Waals surface area contributed by atoms with E-state index in [2.05, 4.69) is 4.98 Å². The van der Waals surface area contributed by atoms with Gasteiger partial charge in [-0.1, -0.05) is 6.07 Å². The molecule has 1 aromatic heterocycles. The number of aliphatic hydroxyl groups is 1. The van der Waals surface area contributed by atoms with E-state index in [1.165, 1.54) is 9.79 Å². The van der Waals surface area contributed by atoms with E-state index < -0.39 is 33.4 Å². The first-order valence-corrected chi connectivity index (χ1v) is 10.6. The van der Waals surface area contributed by atoms with E-state index in [0.717, 1.165) is 5.56 Å². The van der Waals surface area contributed by atoms with Crippen molar-refractivity contribution in [3.05, 3.63) is 30.1 Å². The molecule has 2 unspecified atom stereocenters. The Morgan fingerprint density at radius 3 is 2.79 bits per heavy atom. The number of hydrogen-bond donors (Lipinski definition) is 3. The van der Waals surface area contributed by atoms with Gasteiger partial charge < -0.3 is 14.6 Å². The highest BCUT2D eigenvalue weighted by Crippen LogP contribution is 2.30. The third-order valence-electron chi connectivity index (χ3n) is 5.20. The van der Waals surface area contributed by atoms with Gasteiger partial charge in [-0.3, -0.25) is 15.0 Å². The Labute approximate surface area is 163 Å². The monoisotopic (exact) mass is 415 g/mol. The topological polar surface area (TPSA) is 138 Å². The number of hydrogen-bond acceptors (Lipinski definition) is 8. The standard InChI is InChI=1S/C17H25N3O7S/c21-16(19-23)17(22)12-26-9-5-15(17)28(24,25)20-7-3-14(4-8-20)27-11-13-2-1-6-18-10-13/h1-2,6,10,14-15,22-23H,3-5,7-9,11-12H2,(H,19,21). The van der Waals surface area contributed by atoms with Gasteiger partial charge in [-0.25, -0.2) is 18.2 Å². The highest BCUT2D eigenvalue weighted by atomic mass is 32.2. The Morgan fingerprint density at radius 1 is 1.39 bits per heavy atom. The lowest BCUT2D eigenvalue weighted by Gasteiger charge is -2.41. The van der Waals surface area contributed by atoms with Gasteiger partial charge in [-0.2, -0.15) is 0 Å². The molecule has 10 nitrogen and oxygen atoms in total. The fourth-order valence-corrected chi connectivity index (χ4v) is 5.73. The highest BCUT2D eigenvalue weighted by Gasteiger charge is 2.54. The number of ether oxygens (including phenoxy) is 2. The van der Waals surface area contributed by atoms with Crippen molar-refractivity contribution in [2.45, 2.75) is 42.8 Å². The number of carbonyl (C=O) groups excluding carboxylic acids is 1. The lowest BCUT2D eigenvalue weighted by molar-refractivity contribution is -0.161. The molecule has 0 radical (unpaired) electrons. The van der Waals surface area contributed by atoms with Crippen molar-refractivity contribution in [2.75, 3.05) is 26.3 Å².